The van der Waals surface area contributed by atoms with Crippen molar-refractivity contribution in [3.63, 3.8) is 0 Å². The van der Waals surface area contributed by atoms with Crippen LogP contribution in [0.15, 0.2) is 0 Å². The number of methoxy groups -OCH3 is 1. The monoisotopic (exact) mass is 209 g/mol. The van der Waals surface area contributed by atoms with Crippen molar-refractivity contribution in [1.29, 1.82) is 0 Å². The molecule has 0 aromatic heterocycles. The maximum absolute atomic E-state index is 5.63. The summed E-state index contributed by atoms with van der Waals surface area (Å²) in [7, 11) is 1.78. The van der Waals surface area contributed by atoms with Gasteiger partial charge in [0.25, 0.3) is 0 Å². The van der Waals surface area contributed by atoms with Gasteiger partial charge in [-0.05, 0) is 25.8 Å². The summed E-state index contributed by atoms with van der Waals surface area (Å²) in [5, 5.41) is 0. The van der Waals surface area contributed by atoms with E-state index in [2.05, 4.69) is 10.8 Å². The first-order valence-corrected chi connectivity index (χ1v) is 5.60. The molecule has 2 heterocycles. The summed E-state index contributed by atoms with van der Waals surface area (Å²) >= 11 is 0. The van der Waals surface area contributed by atoms with Gasteiger partial charge in [0, 0.05) is 19.2 Å². The summed E-state index contributed by atoms with van der Waals surface area (Å²) in [5.74, 6) is 2.53. The van der Waals surface area contributed by atoms with E-state index in [0.717, 1.165) is 19.6 Å². The van der Waals surface area contributed by atoms with Crippen LogP contribution >= 0.6 is 0 Å². The van der Waals surface area contributed by atoms with Crippen LogP contribution in [-0.4, -0.2) is 50.0 Å². The fourth-order valence-corrected chi connectivity index (χ4v) is 3.01. The molecule has 0 aliphatic carbocycles. The Balaban J connectivity index is 1.95. The van der Waals surface area contributed by atoms with E-state index >= 15 is 0 Å². The van der Waals surface area contributed by atoms with Gasteiger partial charge >= 0.3 is 0 Å². The second-order valence-corrected chi connectivity index (χ2v) is 4.55. The van der Waals surface area contributed by atoms with E-state index in [1.165, 1.54) is 19.4 Å². The minimum Gasteiger partial charge on any atom is -0.383 e. The Morgan fingerprint density at radius 2 is 2.47 bits per heavy atom. The van der Waals surface area contributed by atoms with Gasteiger partial charge in [0.15, 0.2) is 0 Å². The third kappa shape index (κ3) is 2.03. The fraction of sp³-hybridized carbons (Fsp3) is 0.833. The molecule has 2 rings (SSSR count). The Kier molecular flexibility index (Phi) is 3.30. The topological polar surface area (TPSA) is 21.7 Å². The largest absolute Gasteiger partial charge is 0.383 e. The first kappa shape index (κ1) is 10.9. The highest BCUT2D eigenvalue weighted by Crippen LogP contribution is 2.39. The van der Waals surface area contributed by atoms with Gasteiger partial charge in [-0.25, -0.2) is 0 Å². The summed E-state index contributed by atoms with van der Waals surface area (Å²) in [4.78, 5) is 2.51. The third-order valence-corrected chi connectivity index (χ3v) is 3.59. The van der Waals surface area contributed by atoms with Crippen molar-refractivity contribution in [2.75, 3.05) is 33.4 Å². The van der Waals surface area contributed by atoms with E-state index in [4.69, 9.17) is 15.9 Å². The second-order valence-electron chi connectivity index (χ2n) is 4.55. The molecule has 0 aromatic carbocycles. The Bertz CT molecular complexity index is 261. The van der Waals surface area contributed by atoms with Gasteiger partial charge in [-0.3, -0.25) is 4.90 Å². The van der Waals surface area contributed by atoms with E-state index in [1.807, 2.05) is 0 Å². The van der Waals surface area contributed by atoms with Crippen LogP contribution in [0.25, 0.3) is 0 Å². The molecule has 0 saturated carbocycles. The van der Waals surface area contributed by atoms with Crippen molar-refractivity contribution < 1.29 is 9.47 Å². The van der Waals surface area contributed by atoms with Crippen molar-refractivity contribution in [3.05, 3.63) is 0 Å². The van der Waals surface area contributed by atoms with Crippen LogP contribution < -0.4 is 0 Å². The number of hydrogen-bond donors (Lipinski definition) is 0. The van der Waals surface area contributed by atoms with E-state index < -0.39 is 0 Å². The van der Waals surface area contributed by atoms with E-state index in [-0.39, 0.29) is 5.54 Å². The highest BCUT2D eigenvalue weighted by Gasteiger charge is 2.48. The maximum Gasteiger partial charge on any atom is 0.107 e. The highest BCUT2D eigenvalue weighted by atomic mass is 16.5. The molecule has 0 aromatic rings. The first-order chi connectivity index (χ1) is 7.30. The summed E-state index contributed by atoms with van der Waals surface area (Å²) in [6.45, 7) is 3.45. The first-order valence-electron chi connectivity index (χ1n) is 5.60. The molecule has 2 fully saturated rings. The molecule has 2 aliphatic heterocycles. The van der Waals surface area contributed by atoms with Crippen molar-refractivity contribution in [1.82, 2.24) is 4.90 Å². The Morgan fingerprint density at radius 1 is 1.60 bits per heavy atom. The maximum atomic E-state index is 5.63. The third-order valence-electron chi connectivity index (χ3n) is 3.59. The van der Waals surface area contributed by atoms with Gasteiger partial charge in [0.05, 0.1) is 12.7 Å². The van der Waals surface area contributed by atoms with Gasteiger partial charge in [0.1, 0.15) is 6.61 Å². The standard InChI is InChI=1S/C12H19NO2/c1-3-7-15-11-8-12(10-14-2)5-4-6-13(12)9-11/h1,11H,4-10H2,2H3. The predicted molar refractivity (Wildman–Crippen MR) is 58.6 cm³/mol. The van der Waals surface area contributed by atoms with E-state index in [1.54, 1.807) is 7.11 Å². The molecule has 15 heavy (non-hydrogen) atoms. The molecule has 0 bridgehead atoms. The molecule has 0 radical (unpaired) electrons. The second kappa shape index (κ2) is 4.52. The lowest BCUT2D eigenvalue weighted by Crippen LogP contribution is -2.42. The summed E-state index contributed by atoms with van der Waals surface area (Å²) in [6.07, 6.45) is 9.09. The smallest absolute Gasteiger partial charge is 0.107 e. The number of ether oxygens (including phenoxy) is 2. The minimum atomic E-state index is 0.244. The summed E-state index contributed by atoms with van der Waals surface area (Å²) in [5.41, 5.74) is 0.244. The number of terminal acetylenes is 1. The summed E-state index contributed by atoms with van der Waals surface area (Å²) < 4.78 is 11.0. The SMILES string of the molecule is C#CCOC1CN2CCCC2(COC)C1. The van der Waals surface area contributed by atoms with Crippen LogP contribution in [0.2, 0.25) is 0 Å². The molecule has 2 unspecified atom stereocenters. The molecular formula is C12H19NO2. The van der Waals surface area contributed by atoms with Crippen LogP contribution in [-0.2, 0) is 9.47 Å². The number of nitrogens with zero attached hydrogens (tertiary/aromatic N) is 1. The van der Waals surface area contributed by atoms with Gasteiger partial charge in [0.2, 0.25) is 0 Å². The average Bonchev–Trinajstić information content (AvgIpc) is 2.71. The lowest BCUT2D eigenvalue weighted by Gasteiger charge is -2.30. The molecule has 3 heteroatoms. The van der Waals surface area contributed by atoms with Crippen LogP contribution in [0, 0.1) is 12.3 Å². The van der Waals surface area contributed by atoms with E-state index in [9.17, 15) is 0 Å². The molecule has 2 aliphatic rings. The van der Waals surface area contributed by atoms with Crippen LogP contribution in [0.4, 0.5) is 0 Å². The number of rotatable bonds is 4. The number of fused-ring (bicyclic) bond motifs is 1. The minimum absolute atomic E-state index is 0.244. The van der Waals surface area contributed by atoms with Crippen molar-refractivity contribution in [2.45, 2.75) is 30.9 Å². The van der Waals surface area contributed by atoms with Gasteiger partial charge in [-0.2, -0.15) is 0 Å². The molecular weight excluding hydrogens is 190 g/mol. The van der Waals surface area contributed by atoms with Gasteiger partial charge in [-0.1, -0.05) is 5.92 Å². The van der Waals surface area contributed by atoms with Crippen molar-refractivity contribution in [2.24, 2.45) is 0 Å². The quantitative estimate of drug-likeness (QED) is 0.642. The molecule has 84 valence electrons. The molecule has 0 spiro atoms. The Morgan fingerprint density at radius 3 is 3.20 bits per heavy atom. The molecule has 2 atom stereocenters. The Labute approximate surface area is 91.7 Å². The molecule has 0 amide bonds. The normalized spacial score (nSPS) is 35.3. The predicted octanol–water partition coefficient (Wildman–Crippen LogP) is 0.889. The van der Waals surface area contributed by atoms with Crippen LogP contribution in [0.5, 0.6) is 0 Å². The number of hydrogen-bond acceptors (Lipinski definition) is 3. The molecule has 0 N–H and O–H groups in total. The van der Waals surface area contributed by atoms with Crippen molar-refractivity contribution >= 4 is 0 Å². The zero-order valence-electron chi connectivity index (χ0n) is 9.37. The highest BCUT2D eigenvalue weighted by molar-refractivity contribution is 5.04. The lowest BCUT2D eigenvalue weighted by atomic mass is 9.94. The molecule has 3 nitrogen and oxygen atoms in total. The zero-order valence-corrected chi connectivity index (χ0v) is 9.37. The van der Waals surface area contributed by atoms with Gasteiger partial charge in [-0.15, -0.1) is 6.42 Å². The van der Waals surface area contributed by atoms with Crippen LogP contribution in [0.1, 0.15) is 19.3 Å². The van der Waals surface area contributed by atoms with Crippen molar-refractivity contribution in [3.8, 4) is 12.3 Å². The lowest BCUT2D eigenvalue weighted by molar-refractivity contribution is 0.0608. The van der Waals surface area contributed by atoms with Crippen LogP contribution in [0.3, 0.4) is 0 Å². The fourth-order valence-electron chi connectivity index (χ4n) is 3.01. The summed E-state index contributed by atoms with van der Waals surface area (Å²) in [6, 6.07) is 0. The van der Waals surface area contributed by atoms with Gasteiger partial charge < -0.3 is 9.47 Å². The average molecular weight is 209 g/mol. The Hall–Kier alpha value is -0.560. The molecule has 2 saturated heterocycles. The van der Waals surface area contributed by atoms with E-state index in [0.29, 0.717) is 12.7 Å². The zero-order chi connectivity index (χ0) is 10.7.